The van der Waals surface area contributed by atoms with Crippen LogP contribution in [0.4, 0.5) is 5.69 Å². The molecule has 0 aromatic heterocycles. The predicted octanol–water partition coefficient (Wildman–Crippen LogP) is 1.99. The van der Waals surface area contributed by atoms with Crippen molar-refractivity contribution >= 4 is 23.2 Å². The third kappa shape index (κ3) is 3.61. The van der Waals surface area contributed by atoms with Gasteiger partial charge in [-0.05, 0) is 43.6 Å². The lowest BCUT2D eigenvalue weighted by Gasteiger charge is -2.14. The highest BCUT2D eigenvalue weighted by Gasteiger charge is 2.21. The van der Waals surface area contributed by atoms with Crippen molar-refractivity contribution in [3.63, 3.8) is 0 Å². The molecule has 1 heterocycles. The number of nitrogens with two attached hydrogens (primary N) is 1. The molecule has 0 aliphatic carbocycles. The number of nitrogen functional groups attached to an aromatic ring is 1. The van der Waals surface area contributed by atoms with E-state index >= 15 is 0 Å². The fourth-order valence-electron chi connectivity index (χ4n) is 2.37. The van der Waals surface area contributed by atoms with Crippen LogP contribution in [0.2, 0.25) is 5.02 Å². The van der Waals surface area contributed by atoms with Crippen LogP contribution in [-0.4, -0.2) is 37.0 Å². The largest absolute Gasteiger partial charge is 0.398 e. The summed E-state index contributed by atoms with van der Waals surface area (Å²) in [5.41, 5.74) is 6.68. The summed E-state index contributed by atoms with van der Waals surface area (Å²) in [6.07, 6.45) is 1.15. The van der Waals surface area contributed by atoms with Gasteiger partial charge in [0.05, 0.1) is 10.7 Å². The second-order valence-electron chi connectivity index (χ2n) is 4.99. The third-order valence-electron chi connectivity index (χ3n) is 3.63. The van der Waals surface area contributed by atoms with Gasteiger partial charge in [0, 0.05) is 18.7 Å². The first-order chi connectivity index (χ1) is 9.10. The van der Waals surface area contributed by atoms with Crippen molar-refractivity contribution in [1.29, 1.82) is 0 Å². The smallest absolute Gasteiger partial charge is 0.251 e. The molecule has 0 bridgehead atoms. The number of benzene rings is 1. The van der Waals surface area contributed by atoms with Crippen molar-refractivity contribution in [3.8, 4) is 0 Å². The number of likely N-dealkylation sites (tertiary alicyclic amines) is 1. The van der Waals surface area contributed by atoms with E-state index in [-0.39, 0.29) is 5.91 Å². The monoisotopic (exact) mass is 281 g/mol. The average Bonchev–Trinajstić information content (AvgIpc) is 2.87. The Morgan fingerprint density at radius 2 is 2.37 bits per heavy atom. The van der Waals surface area contributed by atoms with Crippen molar-refractivity contribution in [1.82, 2.24) is 10.2 Å². The normalized spacial score (nSPS) is 19.6. The summed E-state index contributed by atoms with van der Waals surface area (Å²) in [6, 6.07) is 4.97. The first-order valence-electron chi connectivity index (χ1n) is 6.65. The zero-order valence-electron chi connectivity index (χ0n) is 11.2. The van der Waals surface area contributed by atoms with Gasteiger partial charge in [0.2, 0.25) is 0 Å². The van der Waals surface area contributed by atoms with Gasteiger partial charge in [-0.3, -0.25) is 4.79 Å². The molecule has 0 radical (unpaired) electrons. The Morgan fingerprint density at radius 1 is 1.58 bits per heavy atom. The maximum Gasteiger partial charge on any atom is 0.251 e. The molecule has 1 amide bonds. The lowest BCUT2D eigenvalue weighted by atomic mass is 10.1. The fraction of sp³-hybridized carbons (Fsp3) is 0.500. The highest BCUT2D eigenvalue weighted by Crippen LogP contribution is 2.20. The Morgan fingerprint density at radius 3 is 3.00 bits per heavy atom. The van der Waals surface area contributed by atoms with Gasteiger partial charge in [-0.1, -0.05) is 18.5 Å². The molecular weight excluding hydrogens is 262 g/mol. The number of rotatable bonds is 4. The van der Waals surface area contributed by atoms with Gasteiger partial charge in [-0.15, -0.1) is 0 Å². The van der Waals surface area contributed by atoms with Gasteiger partial charge in [0.15, 0.2) is 0 Å². The molecular formula is C14H20ClN3O. The summed E-state index contributed by atoms with van der Waals surface area (Å²) in [5, 5.41) is 3.39. The second kappa shape index (κ2) is 6.26. The minimum atomic E-state index is -0.0863. The second-order valence-corrected chi connectivity index (χ2v) is 5.40. The van der Waals surface area contributed by atoms with E-state index in [1.807, 2.05) is 0 Å². The van der Waals surface area contributed by atoms with E-state index in [0.717, 1.165) is 32.6 Å². The van der Waals surface area contributed by atoms with Crippen LogP contribution in [0.3, 0.4) is 0 Å². The molecule has 0 saturated carbocycles. The van der Waals surface area contributed by atoms with Crippen LogP contribution in [0.15, 0.2) is 18.2 Å². The van der Waals surface area contributed by atoms with Gasteiger partial charge in [0.25, 0.3) is 5.91 Å². The van der Waals surface area contributed by atoms with Gasteiger partial charge in [-0.2, -0.15) is 0 Å². The van der Waals surface area contributed by atoms with E-state index in [1.165, 1.54) is 0 Å². The molecule has 1 atom stereocenters. The summed E-state index contributed by atoms with van der Waals surface area (Å²) in [7, 11) is 0. The van der Waals surface area contributed by atoms with Gasteiger partial charge in [-0.25, -0.2) is 0 Å². The van der Waals surface area contributed by atoms with Crippen LogP contribution in [0.25, 0.3) is 0 Å². The molecule has 1 aliphatic rings. The number of hydrogen-bond acceptors (Lipinski definition) is 3. The summed E-state index contributed by atoms with van der Waals surface area (Å²) in [4.78, 5) is 14.4. The number of nitrogens with zero attached hydrogens (tertiary/aromatic N) is 1. The number of carbonyl (C=O) groups excluding carboxylic acids is 1. The van der Waals surface area contributed by atoms with E-state index in [2.05, 4.69) is 17.1 Å². The van der Waals surface area contributed by atoms with E-state index in [1.54, 1.807) is 18.2 Å². The molecule has 1 saturated heterocycles. The molecule has 3 N–H and O–H groups in total. The number of carbonyl (C=O) groups is 1. The Hall–Kier alpha value is -1.26. The summed E-state index contributed by atoms with van der Waals surface area (Å²) in [5.74, 6) is 0.463. The highest BCUT2D eigenvalue weighted by molar-refractivity contribution is 6.33. The summed E-state index contributed by atoms with van der Waals surface area (Å²) < 4.78 is 0. The Kier molecular flexibility index (Phi) is 4.66. The molecule has 1 fully saturated rings. The van der Waals surface area contributed by atoms with Crippen molar-refractivity contribution in [2.75, 3.05) is 31.9 Å². The SMILES string of the molecule is CCN1CCC(CNC(=O)c2ccc(N)c(Cl)c2)C1. The molecule has 0 spiro atoms. The maximum atomic E-state index is 12.0. The van der Waals surface area contributed by atoms with Crippen LogP contribution in [0, 0.1) is 5.92 Å². The zero-order chi connectivity index (χ0) is 13.8. The van der Waals surface area contributed by atoms with E-state index in [0.29, 0.717) is 22.2 Å². The fourth-order valence-corrected chi connectivity index (χ4v) is 2.55. The number of amides is 1. The molecule has 4 nitrogen and oxygen atoms in total. The van der Waals surface area contributed by atoms with Gasteiger partial charge < -0.3 is 16.0 Å². The molecule has 5 heteroatoms. The van der Waals surface area contributed by atoms with Crippen LogP contribution in [0.1, 0.15) is 23.7 Å². The molecule has 1 unspecified atom stereocenters. The van der Waals surface area contributed by atoms with Crippen LogP contribution < -0.4 is 11.1 Å². The lowest BCUT2D eigenvalue weighted by Crippen LogP contribution is -2.31. The minimum absolute atomic E-state index is 0.0863. The van der Waals surface area contributed by atoms with Crippen LogP contribution in [-0.2, 0) is 0 Å². The number of hydrogen-bond donors (Lipinski definition) is 2. The first kappa shape index (κ1) is 14.2. The Labute approximate surface area is 118 Å². The zero-order valence-corrected chi connectivity index (χ0v) is 11.9. The van der Waals surface area contributed by atoms with Crippen molar-refractivity contribution in [2.45, 2.75) is 13.3 Å². The maximum absolute atomic E-state index is 12.0. The summed E-state index contributed by atoms with van der Waals surface area (Å²) >= 11 is 5.91. The standard InChI is InChI=1S/C14H20ClN3O/c1-2-18-6-5-10(9-18)8-17-14(19)11-3-4-13(16)12(15)7-11/h3-4,7,10H,2,5-6,8-9,16H2,1H3,(H,17,19). The molecule has 1 aromatic carbocycles. The molecule has 1 aliphatic heterocycles. The number of halogens is 1. The molecule has 104 valence electrons. The quantitative estimate of drug-likeness (QED) is 0.830. The lowest BCUT2D eigenvalue weighted by molar-refractivity contribution is 0.0947. The van der Waals surface area contributed by atoms with E-state index in [9.17, 15) is 4.79 Å². The van der Waals surface area contributed by atoms with Crippen molar-refractivity contribution < 1.29 is 4.79 Å². The van der Waals surface area contributed by atoms with Gasteiger partial charge >= 0.3 is 0 Å². The average molecular weight is 282 g/mol. The predicted molar refractivity (Wildman–Crippen MR) is 78.4 cm³/mol. The van der Waals surface area contributed by atoms with Crippen molar-refractivity contribution in [3.05, 3.63) is 28.8 Å². The highest BCUT2D eigenvalue weighted by atomic mass is 35.5. The Balaban J connectivity index is 1.86. The number of nitrogens with one attached hydrogen (secondary N) is 1. The Bertz CT molecular complexity index is 464. The van der Waals surface area contributed by atoms with Crippen LogP contribution >= 0.6 is 11.6 Å². The minimum Gasteiger partial charge on any atom is -0.398 e. The third-order valence-corrected chi connectivity index (χ3v) is 3.96. The van der Waals surface area contributed by atoms with Crippen LogP contribution in [0.5, 0.6) is 0 Å². The number of anilines is 1. The molecule has 1 aromatic rings. The van der Waals surface area contributed by atoms with E-state index < -0.39 is 0 Å². The van der Waals surface area contributed by atoms with E-state index in [4.69, 9.17) is 17.3 Å². The molecule has 19 heavy (non-hydrogen) atoms. The molecule has 2 rings (SSSR count). The van der Waals surface area contributed by atoms with Crippen molar-refractivity contribution in [2.24, 2.45) is 5.92 Å². The first-order valence-corrected chi connectivity index (χ1v) is 7.03. The summed E-state index contributed by atoms with van der Waals surface area (Å²) in [6.45, 7) is 6.16. The van der Waals surface area contributed by atoms with Gasteiger partial charge in [0.1, 0.15) is 0 Å². The topological polar surface area (TPSA) is 58.4 Å².